The van der Waals surface area contributed by atoms with E-state index < -0.39 is 19.1 Å². The number of amides is 2. The molecule has 2 amide bonds. The number of allylic oxidation sites excluding steroid dienone is 2. The highest BCUT2D eigenvalue weighted by Gasteiger charge is 2.47. The molecule has 4 rings (SSSR count). The van der Waals surface area contributed by atoms with Gasteiger partial charge in [-0.3, -0.25) is 24.1 Å². The molecule has 7 nitrogen and oxygen atoms in total. The van der Waals surface area contributed by atoms with Crippen molar-refractivity contribution in [2.75, 3.05) is 13.2 Å². The Balaban J connectivity index is 1.37. The lowest BCUT2D eigenvalue weighted by Crippen LogP contribution is -2.37. The third-order valence-electron chi connectivity index (χ3n) is 5.14. The monoisotopic (exact) mass is 366 g/mol. The number of para-hydroxylation sites is 1. The van der Waals surface area contributed by atoms with Gasteiger partial charge in [-0.2, -0.15) is 0 Å². The number of likely N-dealkylation sites (tertiary alicyclic amines) is 1. The number of carbonyl (C=O) groups is 4. The summed E-state index contributed by atoms with van der Waals surface area (Å²) in [4.78, 5) is 53.1. The van der Waals surface area contributed by atoms with Crippen LogP contribution in [0, 0.1) is 11.8 Å². The van der Waals surface area contributed by atoms with Gasteiger partial charge in [0.1, 0.15) is 6.54 Å². The van der Waals surface area contributed by atoms with Crippen LogP contribution in [-0.2, 0) is 19.1 Å². The SMILES string of the molecule is O=C(CN1C(=O)[C@H]2CC=CC[C@@H]2C1=O)OCC(=O)c1c[nH]c2ccccc12. The third kappa shape index (κ3) is 3.05. The van der Waals surface area contributed by atoms with Gasteiger partial charge in [-0.25, -0.2) is 0 Å². The van der Waals surface area contributed by atoms with Crippen LogP contribution in [0.3, 0.4) is 0 Å². The normalized spacial score (nSPS) is 21.6. The molecule has 2 atom stereocenters. The third-order valence-corrected chi connectivity index (χ3v) is 5.14. The summed E-state index contributed by atoms with van der Waals surface area (Å²) in [5.41, 5.74) is 1.25. The first-order valence-corrected chi connectivity index (χ1v) is 8.81. The number of fused-ring (bicyclic) bond motifs is 2. The van der Waals surface area contributed by atoms with Gasteiger partial charge in [-0.05, 0) is 18.9 Å². The number of ketones is 1. The number of rotatable bonds is 5. The van der Waals surface area contributed by atoms with Crippen LogP contribution in [0.1, 0.15) is 23.2 Å². The Bertz CT molecular complexity index is 948. The quantitative estimate of drug-likeness (QED) is 0.377. The van der Waals surface area contributed by atoms with Gasteiger partial charge < -0.3 is 9.72 Å². The molecule has 0 spiro atoms. The molecule has 1 aliphatic heterocycles. The van der Waals surface area contributed by atoms with Crippen LogP contribution in [0.15, 0.2) is 42.6 Å². The fraction of sp³-hybridized carbons (Fsp3) is 0.300. The number of nitrogens with one attached hydrogen (secondary N) is 1. The number of hydrogen-bond acceptors (Lipinski definition) is 5. The molecular formula is C20H18N2O5. The topological polar surface area (TPSA) is 96.5 Å². The highest BCUT2D eigenvalue weighted by Crippen LogP contribution is 2.34. The number of nitrogens with zero attached hydrogens (tertiary/aromatic N) is 1. The average molecular weight is 366 g/mol. The number of imide groups is 1. The second kappa shape index (κ2) is 6.83. The minimum atomic E-state index is -0.767. The molecule has 1 aliphatic carbocycles. The zero-order valence-electron chi connectivity index (χ0n) is 14.5. The summed E-state index contributed by atoms with van der Waals surface area (Å²) in [5.74, 6) is -2.57. The van der Waals surface area contributed by atoms with Crippen molar-refractivity contribution in [2.24, 2.45) is 11.8 Å². The van der Waals surface area contributed by atoms with E-state index in [0.29, 0.717) is 18.4 Å². The fourth-order valence-electron chi connectivity index (χ4n) is 3.73. The number of H-pyrrole nitrogens is 1. The van der Waals surface area contributed by atoms with E-state index in [1.807, 2.05) is 30.4 Å². The van der Waals surface area contributed by atoms with Crippen molar-refractivity contribution < 1.29 is 23.9 Å². The second-order valence-electron chi connectivity index (χ2n) is 6.75. The van der Waals surface area contributed by atoms with Crippen molar-refractivity contribution >= 4 is 34.5 Å². The zero-order valence-corrected chi connectivity index (χ0v) is 14.5. The van der Waals surface area contributed by atoms with Crippen LogP contribution in [0.25, 0.3) is 10.9 Å². The number of ether oxygens (including phenoxy) is 1. The lowest BCUT2D eigenvalue weighted by atomic mass is 9.85. The molecule has 0 saturated carbocycles. The molecule has 2 aromatic rings. The molecule has 27 heavy (non-hydrogen) atoms. The van der Waals surface area contributed by atoms with Crippen molar-refractivity contribution in [2.45, 2.75) is 12.8 Å². The van der Waals surface area contributed by atoms with Crippen LogP contribution in [0.2, 0.25) is 0 Å². The van der Waals surface area contributed by atoms with E-state index in [0.717, 1.165) is 15.8 Å². The molecule has 1 N–H and O–H groups in total. The van der Waals surface area contributed by atoms with Crippen LogP contribution < -0.4 is 0 Å². The summed E-state index contributed by atoms with van der Waals surface area (Å²) in [6, 6.07) is 7.32. The molecule has 2 heterocycles. The smallest absolute Gasteiger partial charge is 0.326 e. The Kier molecular flexibility index (Phi) is 4.35. The average Bonchev–Trinajstić information content (AvgIpc) is 3.22. The second-order valence-corrected chi connectivity index (χ2v) is 6.75. The maximum atomic E-state index is 12.3. The van der Waals surface area contributed by atoms with Gasteiger partial charge in [0, 0.05) is 22.7 Å². The number of aromatic nitrogens is 1. The number of hydrogen-bond donors (Lipinski definition) is 1. The van der Waals surface area contributed by atoms with Gasteiger partial charge in [-0.15, -0.1) is 0 Å². The summed E-state index contributed by atoms with van der Waals surface area (Å²) in [6.45, 7) is -0.892. The van der Waals surface area contributed by atoms with E-state index >= 15 is 0 Å². The van der Waals surface area contributed by atoms with E-state index in [1.165, 1.54) is 0 Å². The summed E-state index contributed by atoms with van der Waals surface area (Å²) in [7, 11) is 0. The number of aromatic amines is 1. The van der Waals surface area contributed by atoms with Gasteiger partial charge in [-0.1, -0.05) is 30.4 Å². The Morgan fingerprint density at radius 1 is 1.07 bits per heavy atom. The van der Waals surface area contributed by atoms with E-state index in [9.17, 15) is 19.2 Å². The maximum Gasteiger partial charge on any atom is 0.326 e. The van der Waals surface area contributed by atoms with E-state index in [-0.39, 0.29) is 29.4 Å². The molecule has 1 aromatic heterocycles. The summed E-state index contributed by atoms with van der Waals surface area (Å²) < 4.78 is 5.02. The van der Waals surface area contributed by atoms with E-state index in [2.05, 4.69) is 4.98 Å². The van der Waals surface area contributed by atoms with E-state index in [4.69, 9.17) is 4.74 Å². The first-order valence-electron chi connectivity index (χ1n) is 8.81. The Morgan fingerprint density at radius 3 is 2.44 bits per heavy atom. The predicted octanol–water partition coefficient (Wildman–Crippen LogP) is 1.84. The van der Waals surface area contributed by atoms with E-state index in [1.54, 1.807) is 12.3 Å². The molecule has 7 heteroatoms. The largest absolute Gasteiger partial charge is 0.456 e. The molecule has 1 fully saturated rings. The zero-order chi connectivity index (χ0) is 19.0. The highest BCUT2D eigenvalue weighted by molar-refractivity contribution is 6.09. The van der Waals surface area contributed by atoms with Gasteiger partial charge in [0.05, 0.1) is 11.8 Å². The molecular weight excluding hydrogens is 348 g/mol. The molecule has 1 saturated heterocycles. The molecule has 0 radical (unpaired) electrons. The summed E-state index contributed by atoms with van der Waals surface area (Å²) in [5, 5.41) is 0.750. The standard InChI is InChI=1S/C20H18N2O5/c23-17(15-9-21-16-8-4-3-5-12(15)16)11-27-18(24)10-22-19(25)13-6-1-2-7-14(13)20(22)26/h1-5,8-9,13-14,21H,6-7,10-11H2/t13-,14-/m0/s1. The molecule has 2 aliphatic rings. The van der Waals surface area contributed by atoms with Crippen molar-refractivity contribution in [3.05, 3.63) is 48.2 Å². The van der Waals surface area contributed by atoms with Gasteiger partial charge in [0.15, 0.2) is 6.61 Å². The first-order chi connectivity index (χ1) is 13.1. The number of esters is 1. The van der Waals surface area contributed by atoms with Gasteiger partial charge in [0.25, 0.3) is 0 Å². The summed E-state index contributed by atoms with van der Waals surface area (Å²) in [6.07, 6.45) is 6.37. The Hall–Kier alpha value is -3.22. The number of benzene rings is 1. The maximum absolute atomic E-state index is 12.3. The lowest BCUT2D eigenvalue weighted by Gasteiger charge is -2.14. The van der Waals surface area contributed by atoms with Crippen LogP contribution in [0.4, 0.5) is 0 Å². The van der Waals surface area contributed by atoms with Crippen molar-refractivity contribution in [1.82, 2.24) is 9.88 Å². The Morgan fingerprint density at radius 2 is 1.74 bits per heavy atom. The molecule has 0 unspecified atom stereocenters. The molecule has 138 valence electrons. The number of carbonyl (C=O) groups excluding carboxylic acids is 4. The van der Waals surface area contributed by atoms with Gasteiger partial charge >= 0.3 is 5.97 Å². The highest BCUT2D eigenvalue weighted by atomic mass is 16.5. The lowest BCUT2D eigenvalue weighted by molar-refractivity contribution is -0.152. The van der Waals surface area contributed by atoms with Crippen LogP contribution in [-0.4, -0.2) is 46.6 Å². The van der Waals surface area contributed by atoms with Crippen LogP contribution in [0.5, 0.6) is 0 Å². The molecule has 1 aromatic carbocycles. The predicted molar refractivity (Wildman–Crippen MR) is 95.7 cm³/mol. The number of Topliss-reactive ketones (excluding diaryl/α,β-unsaturated/α-hetero) is 1. The van der Waals surface area contributed by atoms with Crippen molar-refractivity contribution in [1.29, 1.82) is 0 Å². The fourth-order valence-corrected chi connectivity index (χ4v) is 3.73. The minimum Gasteiger partial charge on any atom is -0.456 e. The van der Waals surface area contributed by atoms with Crippen molar-refractivity contribution in [3.8, 4) is 0 Å². The Labute approximate surface area is 155 Å². The van der Waals surface area contributed by atoms with Gasteiger partial charge in [0.2, 0.25) is 17.6 Å². The minimum absolute atomic E-state index is 0.339. The molecule has 0 bridgehead atoms. The summed E-state index contributed by atoms with van der Waals surface area (Å²) >= 11 is 0. The van der Waals surface area contributed by atoms with Crippen molar-refractivity contribution in [3.63, 3.8) is 0 Å². The first kappa shape index (κ1) is 17.2. The van der Waals surface area contributed by atoms with Crippen LogP contribution >= 0.6 is 0 Å².